The molecule has 1 aliphatic rings. The van der Waals surface area contributed by atoms with E-state index in [9.17, 15) is 9.90 Å². The Kier molecular flexibility index (Phi) is 3.36. The highest BCUT2D eigenvalue weighted by Crippen LogP contribution is 2.26. The summed E-state index contributed by atoms with van der Waals surface area (Å²) in [6, 6.07) is 7.26. The number of ketones is 1. The molecule has 3 nitrogen and oxygen atoms in total. The number of nitrogens with one attached hydrogen (secondary N) is 1. The van der Waals surface area contributed by atoms with Gasteiger partial charge in [-0.1, -0.05) is 24.3 Å². The van der Waals surface area contributed by atoms with Crippen molar-refractivity contribution >= 4 is 5.78 Å². The Morgan fingerprint density at radius 1 is 1.44 bits per heavy atom. The number of carbonyl (C=O) groups is 1. The maximum atomic E-state index is 11.1. The zero-order valence-electron chi connectivity index (χ0n) is 9.44. The third-order valence-corrected chi connectivity index (χ3v) is 3.20. The summed E-state index contributed by atoms with van der Waals surface area (Å²) in [5.41, 5.74) is 1.60. The zero-order valence-corrected chi connectivity index (χ0v) is 9.44. The summed E-state index contributed by atoms with van der Waals surface area (Å²) in [6.45, 7) is 3.40. The molecule has 1 aromatic carbocycles. The molecule has 0 bridgehead atoms. The molecule has 1 saturated heterocycles. The molecule has 0 aromatic heterocycles. The van der Waals surface area contributed by atoms with Gasteiger partial charge in [0, 0.05) is 18.0 Å². The van der Waals surface area contributed by atoms with Crippen LogP contribution in [-0.2, 0) is 0 Å². The molecule has 2 unspecified atom stereocenters. The lowest BCUT2D eigenvalue weighted by molar-refractivity contribution is 0.101. The maximum absolute atomic E-state index is 11.1. The lowest BCUT2D eigenvalue weighted by Crippen LogP contribution is -2.16. The van der Waals surface area contributed by atoms with Gasteiger partial charge in [0.2, 0.25) is 0 Å². The molecule has 2 atom stereocenters. The van der Waals surface area contributed by atoms with Crippen LogP contribution in [0.25, 0.3) is 0 Å². The van der Waals surface area contributed by atoms with Crippen LogP contribution in [0, 0.1) is 5.92 Å². The van der Waals surface area contributed by atoms with Crippen LogP contribution in [0.1, 0.15) is 35.4 Å². The van der Waals surface area contributed by atoms with Crippen LogP contribution < -0.4 is 5.32 Å². The molecule has 2 N–H and O–H groups in total. The van der Waals surface area contributed by atoms with E-state index in [1.165, 1.54) is 0 Å². The number of hydrogen-bond acceptors (Lipinski definition) is 3. The minimum atomic E-state index is -0.420. The minimum Gasteiger partial charge on any atom is -0.388 e. The second-order valence-electron chi connectivity index (χ2n) is 4.38. The fourth-order valence-electron chi connectivity index (χ4n) is 2.13. The highest BCUT2D eigenvalue weighted by atomic mass is 16.3. The molecule has 1 heterocycles. The van der Waals surface area contributed by atoms with Gasteiger partial charge in [-0.15, -0.1) is 0 Å². The molecular formula is C13H17NO2. The largest absolute Gasteiger partial charge is 0.388 e. The predicted octanol–water partition coefficient (Wildman–Crippen LogP) is 1.53. The molecule has 0 saturated carbocycles. The van der Waals surface area contributed by atoms with E-state index >= 15 is 0 Å². The lowest BCUT2D eigenvalue weighted by atomic mass is 9.94. The Labute approximate surface area is 95.5 Å². The van der Waals surface area contributed by atoms with Gasteiger partial charge in [0.25, 0.3) is 0 Å². The summed E-state index contributed by atoms with van der Waals surface area (Å²) < 4.78 is 0. The number of carbonyl (C=O) groups excluding carboxylic acids is 1. The van der Waals surface area contributed by atoms with Crippen LogP contribution in [0.3, 0.4) is 0 Å². The van der Waals surface area contributed by atoms with Crippen molar-refractivity contribution in [1.82, 2.24) is 5.32 Å². The maximum Gasteiger partial charge on any atom is 0.159 e. The third-order valence-electron chi connectivity index (χ3n) is 3.20. The molecule has 3 heteroatoms. The Balaban J connectivity index is 2.11. The number of rotatable bonds is 3. The Morgan fingerprint density at radius 2 is 2.12 bits per heavy atom. The van der Waals surface area contributed by atoms with Crippen LogP contribution in [-0.4, -0.2) is 24.0 Å². The van der Waals surface area contributed by atoms with Crippen LogP contribution >= 0.6 is 0 Å². The van der Waals surface area contributed by atoms with Gasteiger partial charge in [-0.2, -0.15) is 0 Å². The van der Waals surface area contributed by atoms with Gasteiger partial charge < -0.3 is 10.4 Å². The number of Topliss-reactive ketones (excluding diaryl/α,β-unsaturated/α-hetero) is 1. The van der Waals surface area contributed by atoms with Crippen molar-refractivity contribution in [2.24, 2.45) is 5.92 Å². The lowest BCUT2D eigenvalue weighted by Gasteiger charge is -2.17. The van der Waals surface area contributed by atoms with E-state index in [-0.39, 0.29) is 5.78 Å². The molecule has 0 aliphatic carbocycles. The summed E-state index contributed by atoms with van der Waals surface area (Å²) in [5, 5.41) is 13.4. The molecule has 0 radical (unpaired) electrons. The molecule has 1 fully saturated rings. The Morgan fingerprint density at radius 3 is 2.62 bits per heavy atom. The van der Waals surface area contributed by atoms with Crippen LogP contribution in [0.15, 0.2) is 24.3 Å². The molecule has 16 heavy (non-hydrogen) atoms. The SMILES string of the molecule is CC(=O)c1ccc(C(O)C2CCNC2)cc1. The van der Waals surface area contributed by atoms with Crippen LogP contribution in [0.2, 0.25) is 0 Å². The van der Waals surface area contributed by atoms with E-state index in [0.717, 1.165) is 25.1 Å². The fraction of sp³-hybridized carbons (Fsp3) is 0.462. The summed E-state index contributed by atoms with van der Waals surface area (Å²) >= 11 is 0. The minimum absolute atomic E-state index is 0.0589. The van der Waals surface area contributed by atoms with Crippen molar-refractivity contribution < 1.29 is 9.90 Å². The number of aliphatic hydroxyl groups is 1. The first kappa shape index (κ1) is 11.3. The average molecular weight is 219 g/mol. The first-order chi connectivity index (χ1) is 7.68. The zero-order chi connectivity index (χ0) is 11.5. The van der Waals surface area contributed by atoms with Gasteiger partial charge in [0.05, 0.1) is 6.10 Å². The van der Waals surface area contributed by atoms with Gasteiger partial charge in [-0.05, 0) is 25.5 Å². The standard InChI is InChI=1S/C13H17NO2/c1-9(15)10-2-4-11(5-3-10)13(16)12-6-7-14-8-12/h2-5,12-14,16H,6-8H2,1H3. The van der Waals surface area contributed by atoms with Crippen molar-refractivity contribution in [3.63, 3.8) is 0 Å². The van der Waals surface area contributed by atoms with Gasteiger partial charge >= 0.3 is 0 Å². The highest BCUT2D eigenvalue weighted by molar-refractivity contribution is 5.94. The first-order valence-electron chi connectivity index (χ1n) is 5.68. The van der Waals surface area contributed by atoms with E-state index in [1.54, 1.807) is 19.1 Å². The molecule has 1 aromatic rings. The van der Waals surface area contributed by atoms with Crippen LogP contribution in [0.4, 0.5) is 0 Å². The second kappa shape index (κ2) is 4.76. The molecule has 1 aliphatic heterocycles. The van der Waals surface area contributed by atoms with E-state index in [4.69, 9.17) is 0 Å². The molecule has 2 rings (SSSR count). The Hall–Kier alpha value is -1.19. The smallest absolute Gasteiger partial charge is 0.159 e. The van der Waals surface area contributed by atoms with Crippen molar-refractivity contribution in [1.29, 1.82) is 0 Å². The van der Waals surface area contributed by atoms with Crippen molar-refractivity contribution in [2.75, 3.05) is 13.1 Å². The molecule has 0 amide bonds. The van der Waals surface area contributed by atoms with Crippen molar-refractivity contribution in [3.05, 3.63) is 35.4 Å². The third kappa shape index (κ3) is 2.31. The van der Waals surface area contributed by atoms with E-state index in [2.05, 4.69) is 5.32 Å². The first-order valence-corrected chi connectivity index (χ1v) is 5.68. The monoisotopic (exact) mass is 219 g/mol. The van der Waals surface area contributed by atoms with Crippen molar-refractivity contribution in [2.45, 2.75) is 19.4 Å². The van der Waals surface area contributed by atoms with E-state index in [1.807, 2.05) is 12.1 Å². The topological polar surface area (TPSA) is 49.3 Å². The van der Waals surface area contributed by atoms with Crippen molar-refractivity contribution in [3.8, 4) is 0 Å². The average Bonchev–Trinajstić information content (AvgIpc) is 2.81. The predicted molar refractivity (Wildman–Crippen MR) is 62.4 cm³/mol. The van der Waals surface area contributed by atoms with Gasteiger partial charge in [0.15, 0.2) is 5.78 Å². The van der Waals surface area contributed by atoms with Gasteiger partial charge in [0.1, 0.15) is 0 Å². The summed E-state index contributed by atoms with van der Waals surface area (Å²) in [6.07, 6.45) is 0.589. The molecule has 86 valence electrons. The summed E-state index contributed by atoms with van der Waals surface area (Å²) in [5.74, 6) is 0.353. The quantitative estimate of drug-likeness (QED) is 0.758. The van der Waals surface area contributed by atoms with E-state index < -0.39 is 6.10 Å². The second-order valence-corrected chi connectivity index (χ2v) is 4.38. The number of aliphatic hydroxyl groups excluding tert-OH is 1. The van der Waals surface area contributed by atoms with E-state index in [0.29, 0.717) is 11.5 Å². The highest BCUT2D eigenvalue weighted by Gasteiger charge is 2.24. The number of hydrogen-bond donors (Lipinski definition) is 2. The Bertz CT molecular complexity index is 366. The summed E-state index contributed by atoms with van der Waals surface area (Å²) in [7, 11) is 0. The normalized spacial score (nSPS) is 22.0. The number of benzene rings is 1. The fourth-order valence-corrected chi connectivity index (χ4v) is 2.13. The molecular weight excluding hydrogens is 202 g/mol. The summed E-state index contributed by atoms with van der Waals surface area (Å²) in [4.78, 5) is 11.1. The molecule has 0 spiro atoms. The van der Waals surface area contributed by atoms with Gasteiger partial charge in [-0.3, -0.25) is 4.79 Å². The van der Waals surface area contributed by atoms with Gasteiger partial charge in [-0.25, -0.2) is 0 Å². The van der Waals surface area contributed by atoms with Crippen LogP contribution in [0.5, 0.6) is 0 Å².